The van der Waals surface area contributed by atoms with E-state index in [0.29, 0.717) is 24.0 Å². The Labute approximate surface area is 167 Å². The molecule has 0 radical (unpaired) electrons. The fourth-order valence-corrected chi connectivity index (χ4v) is 4.74. The highest BCUT2D eigenvalue weighted by molar-refractivity contribution is 5.86. The first-order chi connectivity index (χ1) is 13.7. The molecule has 4 nitrogen and oxygen atoms in total. The fraction of sp³-hybridized carbons (Fsp3) is 0.458. The number of methoxy groups -OCH3 is 1. The van der Waals surface area contributed by atoms with E-state index >= 15 is 0 Å². The van der Waals surface area contributed by atoms with Gasteiger partial charge in [-0.25, -0.2) is 0 Å². The normalized spacial score (nSPS) is 17.6. The van der Waals surface area contributed by atoms with Crippen LogP contribution < -0.4 is 9.47 Å². The van der Waals surface area contributed by atoms with E-state index in [4.69, 9.17) is 9.47 Å². The summed E-state index contributed by atoms with van der Waals surface area (Å²) in [4.78, 5) is 14.9. The Morgan fingerprint density at radius 3 is 2.75 bits per heavy atom. The standard InChI is InChI=1S/C24H29NO3/c1-4-7-21(26)28-24-20(27-3)11-10-17-15-19-22-16(12-14-25(19)13-5-2)8-6-9-18(22)23(17)24/h6,8-11,19H,4-5,7,12-15H2,1-3H3/t19-/m1/s1. The average molecular weight is 380 g/mol. The minimum absolute atomic E-state index is 0.200. The summed E-state index contributed by atoms with van der Waals surface area (Å²) in [7, 11) is 1.63. The lowest BCUT2D eigenvalue weighted by atomic mass is 9.76. The molecule has 2 aromatic rings. The Kier molecular flexibility index (Phi) is 5.40. The van der Waals surface area contributed by atoms with E-state index < -0.39 is 0 Å². The molecule has 0 aromatic heterocycles. The molecule has 4 heteroatoms. The third-order valence-electron chi connectivity index (χ3n) is 5.93. The van der Waals surface area contributed by atoms with Gasteiger partial charge >= 0.3 is 5.97 Å². The smallest absolute Gasteiger partial charge is 0.311 e. The van der Waals surface area contributed by atoms with Gasteiger partial charge < -0.3 is 9.47 Å². The summed E-state index contributed by atoms with van der Waals surface area (Å²) in [6.07, 6.45) is 4.35. The zero-order valence-electron chi connectivity index (χ0n) is 17.1. The molecule has 28 heavy (non-hydrogen) atoms. The van der Waals surface area contributed by atoms with Crippen LogP contribution in [0.25, 0.3) is 11.1 Å². The molecule has 0 bridgehead atoms. The zero-order chi connectivity index (χ0) is 19.7. The van der Waals surface area contributed by atoms with Crippen LogP contribution in [-0.4, -0.2) is 31.1 Å². The molecular weight excluding hydrogens is 350 g/mol. The second-order valence-electron chi connectivity index (χ2n) is 7.74. The monoisotopic (exact) mass is 379 g/mol. The SMILES string of the molecule is CCCC(=O)Oc1c(OC)ccc2c1-c1cccc3c1[C@@H](C2)N(CCC)CC3. The first kappa shape index (κ1) is 19.0. The van der Waals surface area contributed by atoms with Gasteiger partial charge in [-0.05, 0) is 60.5 Å². The summed E-state index contributed by atoms with van der Waals surface area (Å²) in [5, 5.41) is 0. The second-order valence-corrected chi connectivity index (χ2v) is 7.74. The molecule has 1 aliphatic carbocycles. The van der Waals surface area contributed by atoms with Gasteiger partial charge in [0.05, 0.1) is 7.11 Å². The van der Waals surface area contributed by atoms with Crippen molar-refractivity contribution in [2.24, 2.45) is 0 Å². The topological polar surface area (TPSA) is 38.8 Å². The van der Waals surface area contributed by atoms with Crippen LogP contribution in [0.2, 0.25) is 0 Å². The number of hydrogen-bond acceptors (Lipinski definition) is 4. The molecule has 0 saturated carbocycles. The Morgan fingerprint density at radius 1 is 1.14 bits per heavy atom. The average Bonchev–Trinajstić information content (AvgIpc) is 2.70. The van der Waals surface area contributed by atoms with Crippen LogP contribution in [0, 0.1) is 0 Å². The minimum atomic E-state index is -0.200. The van der Waals surface area contributed by atoms with Gasteiger partial charge in [0.25, 0.3) is 0 Å². The van der Waals surface area contributed by atoms with Crippen molar-refractivity contribution < 1.29 is 14.3 Å². The van der Waals surface area contributed by atoms with Crippen LogP contribution in [0.15, 0.2) is 30.3 Å². The van der Waals surface area contributed by atoms with Crippen molar-refractivity contribution in [3.8, 4) is 22.6 Å². The lowest BCUT2D eigenvalue weighted by molar-refractivity contribution is -0.134. The quantitative estimate of drug-likeness (QED) is 0.527. The number of nitrogens with zero attached hydrogens (tertiary/aromatic N) is 1. The first-order valence-electron chi connectivity index (χ1n) is 10.4. The van der Waals surface area contributed by atoms with Crippen molar-refractivity contribution in [1.29, 1.82) is 0 Å². The number of carbonyl (C=O) groups is 1. The van der Waals surface area contributed by atoms with Gasteiger partial charge in [0.1, 0.15) is 0 Å². The molecule has 148 valence electrons. The van der Waals surface area contributed by atoms with E-state index in [0.717, 1.165) is 44.3 Å². The van der Waals surface area contributed by atoms with Crippen LogP contribution in [0.4, 0.5) is 0 Å². The highest BCUT2D eigenvalue weighted by Crippen LogP contribution is 2.51. The van der Waals surface area contributed by atoms with E-state index in [2.05, 4.69) is 36.1 Å². The fourth-order valence-electron chi connectivity index (χ4n) is 4.74. The Balaban J connectivity index is 1.87. The number of hydrogen-bond donors (Lipinski definition) is 0. The molecule has 0 fully saturated rings. The van der Waals surface area contributed by atoms with Gasteiger partial charge in [0.2, 0.25) is 0 Å². The van der Waals surface area contributed by atoms with Crippen molar-refractivity contribution in [1.82, 2.24) is 4.90 Å². The van der Waals surface area contributed by atoms with Crippen LogP contribution in [0.3, 0.4) is 0 Å². The molecule has 0 amide bonds. The number of benzene rings is 2. The number of carbonyl (C=O) groups excluding carboxylic acids is 1. The van der Waals surface area contributed by atoms with Crippen molar-refractivity contribution in [2.75, 3.05) is 20.2 Å². The van der Waals surface area contributed by atoms with Gasteiger partial charge in [0.15, 0.2) is 11.5 Å². The maximum absolute atomic E-state index is 12.3. The predicted octanol–water partition coefficient (Wildman–Crippen LogP) is 4.93. The van der Waals surface area contributed by atoms with Crippen LogP contribution in [0.1, 0.15) is 55.8 Å². The summed E-state index contributed by atoms with van der Waals surface area (Å²) < 4.78 is 11.4. The van der Waals surface area contributed by atoms with Gasteiger partial charge in [-0.1, -0.05) is 38.1 Å². The van der Waals surface area contributed by atoms with E-state index in [9.17, 15) is 4.79 Å². The molecule has 0 unspecified atom stereocenters. The number of rotatable bonds is 6. The lowest BCUT2D eigenvalue weighted by Crippen LogP contribution is -2.38. The number of ether oxygens (including phenoxy) is 2. The second kappa shape index (κ2) is 7.96. The predicted molar refractivity (Wildman–Crippen MR) is 111 cm³/mol. The van der Waals surface area contributed by atoms with Gasteiger partial charge in [-0.3, -0.25) is 9.69 Å². The molecule has 2 aliphatic rings. The van der Waals surface area contributed by atoms with E-state index in [1.54, 1.807) is 7.11 Å². The molecule has 1 heterocycles. The highest BCUT2D eigenvalue weighted by atomic mass is 16.6. The minimum Gasteiger partial charge on any atom is -0.493 e. The summed E-state index contributed by atoms with van der Waals surface area (Å²) in [5.41, 5.74) is 6.31. The number of fused-ring (bicyclic) bond motifs is 2. The van der Waals surface area contributed by atoms with Gasteiger partial charge in [-0.2, -0.15) is 0 Å². The summed E-state index contributed by atoms with van der Waals surface area (Å²) in [5.74, 6) is 1.01. The van der Waals surface area contributed by atoms with Crippen LogP contribution in [0.5, 0.6) is 11.5 Å². The van der Waals surface area contributed by atoms with Gasteiger partial charge in [-0.15, -0.1) is 0 Å². The summed E-state index contributed by atoms with van der Waals surface area (Å²) >= 11 is 0. The third-order valence-corrected chi connectivity index (χ3v) is 5.93. The molecule has 1 atom stereocenters. The van der Waals surface area contributed by atoms with E-state index in [-0.39, 0.29) is 5.97 Å². The summed E-state index contributed by atoms with van der Waals surface area (Å²) in [6, 6.07) is 11.0. The summed E-state index contributed by atoms with van der Waals surface area (Å²) in [6.45, 7) is 6.45. The van der Waals surface area contributed by atoms with Crippen molar-refractivity contribution in [3.63, 3.8) is 0 Å². The Morgan fingerprint density at radius 2 is 2.00 bits per heavy atom. The largest absolute Gasteiger partial charge is 0.493 e. The number of esters is 1. The van der Waals surface area contributed by atoms with Crippen molar-refractivity contribution in [3.05, 3.63) is 47.0 Å². The van der Waals surface area contributed by atoms with Crippen molar-refractivity contribution in [2.45, 2.75) is 52.0 Å². The third kappa shape index (κ3) is 3.20. The maximum atomic E-state index is 12.3. The van der Waals surface area contributed by atoms with E-state index in [1.165, 1.54) is 22.3 Å². The lowest BCUT2D eigenvalue weighted by Gasteiger charge is -2.42. The molecular formula is C24H29NO3. The van der Waals surface area contributed by atoms with Crippen LogP contribution in [-0.2, 0) is 17.6 Å². The first-order valence-corrected chi connectivity index (χ1v) is 10.4. The van der Waals surface area contributed by atoms with Crippen LogP contribution >= 0.6 is 0 Å². The van der Waals surface area contributed by atoms with Gasteiger partial charge in [0, 0.05) is 24.6 Å². The highest BCUT2D eigenvalue weighted by Gasteiger charge is 2.36. The van der Waals surface area contributed by atoms with Crippen molar-refractivity contribution >= 4 is 5.97 Å². The Bertz CT molecular complexity index is 890. The Hall–Kier alpha value is -2.33. The maximum Gasteiger partial charge on any atom is 0.311 e. The molecule has 2 aromatic carbocycles. The molecule has 0 N–H and O–H groups in total. The van der Waals surface area contributed by atoms with E-state index in [1.807, 2.05) is 13.0 Å². The molecule has 0 spiro atoms. The molecule has 4 rings (SSSR count). The molecule has 0 saturated heterocycles. The zero-order valence-corrected chi connectivity index (χ0v) is 17.1. The molecule has 1 aliphatic heterocycles.